The Hall–Kier alpha value is -0.220. The SMILES string of the molecule is CC(S)C(=O)OC1CC(C)N(C)C(C)C1. The third kappa shape index (κ3) is 3.38. The molecule has 1 heterocycles. The van der Waals surface area contributed by atoms with E-state index >= 15 is 0 Å². The van der Waals surface area contributed by atoms with Gasteiger partial charge in [-0.3, -0.25) is 4.79 Å². The van der Waals surface area contributed by atoms with Crippen LogP contribution in [0.2, 0.25) is 0 Å². The lowest BCUT2D eigenvalue weighted by Crippen LogP contribution is -2.47. The average Bonchev–Trinajstić information content (AvgIpc) is 2.13. The maximum atomic E-state index is 11.4. The molecule has 0 aromatic heterocycles. The molecule has 1 fully saturated rings. The molecule has 3 atom stereocenters. The molecule has 1 aliphatic heterocycles. The normalized spacial score (nSPS) is 34.9. The number of hydrogen-bond donors (Lipinski definition) is 1. The Bertz CT molecular complexity index is 221. The van der Waals surface area contributed by atoms with Crippen molar-refractivity contribution in [1.29, 1.82) is 0 Å². The second kappa shape index (κ2) is 5.21. The van der Waals surface area contributed by atoms with Gasteiger partial charge in [-0.15, -0.1) is 0 Å². The first kappa shape index (κ1) is 12.8. The van der Waals surface area contributed by atoms with E-state index in [1.807, 2.05) is 0 Å². The zero-order valence-electron chi connectivity index (χ0n) is 9.93. The molecular formula is C11H21NO2S. The van der Waals surface area contributed by atoms with Crippen LogP contribution in [0.5, 0.6) is 0 Å². The number of piperidine rings is 1. The Morgan fingerprint density at radius 3 is 2.27 bits per heavy atom. The summed E-state index contributed by atoms with van der Waals surface area (Å²) >= 11 is 4.07. The first-order valence-electron chi connectivity index (χ1n) is 5.52. The number of nitrogens with zero attached hydrogens (tertiary/aromatic N) is 1. The quantitative estimate of drug-likeness (QED) is 0.579. The maximum absolute atomic E-state index is 11.4. The third-order valence-corrected chi connectivity index (χ3v) is 3.43. The van der Waals surface area contributed by atoms with E-state index in [1.54, 1.807) is 6.92 Å². The van der Waals surface area contributed by atoms with E-state index in [1.165, 1.54) is 0 Å². The van der Waals surface area contributed by atoms with Gasteiger partial charge < -0.3 is 9.64 Å². The van der Waals surface area contributed by atoms with Crippen LogP contribution >= 0.6 is 12.6 Å². The van der Waals surface area contributed by atoms with E-state index < -0.39 is 0 Å². The first-order valence-corrected chi connectivity index (χ1v) is 6.04. The fraction of sp³-hybridized carbons (Fsp3) is 0.909. The number of esters is 1. The van der Waals surface area contributed by atoms with Crippen LogP contribution in [0.25, 0.3) is 0 Å². The molecule has 0 saturated carbocycles. The second-order valence-electron chi connectivity index (χ2n) is 4.57. The van der Waals surface area contributed by atoms with E-state index in [0.29, 0.717) is 12.1 Å². The third-order valence-electron chi connectivity index (χ3n) is 3.22. The van der Waals surface area contributed by atoms with Crippen molar-refractivity contribution in [3.05, 3.63) is 0 Å². The summed E-state index contributed by atoms with van der Waals surface area (Å²) in [5, 5.41) is -0.324. The molecule has 0 radical (unpaired) electrons. The highest BCUT2D eigenvalue weighted by Crippen LogP contribution is 2.23. The summed E-state index contributed by atoms with van der Waals surface area (Å²) in [6.07, 6.45) is 1.91. The fourth-order valence-electron chi connectivity index (χ4n) is 1.98. The van der Waals surface area contributed by atoms with Crippen molar-refractivity contribution < 1.29 is 9.53 Å². The Balaban J connectivity index is 2.48. The molecule has 3 unspecified atom stereocenters. The summed E-state index contributed by atoms with van der Waals surface area (Å²) in [5.41, 5.74) is 0. The summed E-state index contributed by atoms with van der Waals surface area (Å²) in [6.45, 7) is 6.08. The number of ether oxygens (including phenoxy) is 1. The largest absolute Gasteiger partial charge is 0.461 e. The first-order chi connectivity index (χ1) is 6.91. The summed E-state index contributed by atoms with van der Waals surface area (Å²) in [5.74, 6) is -0.202. The monoisotopic (exact) mass is 231 g/mol. The van der Waals surface area contributed by atoms with Crippen LogP contribution in [-0.2, 0) is 9.53 Å². The van der Waals surface area contributed by atoms with Crippen molar-refractivity contribution in [2.24, 2.45) is 0 Å². The lowest BCUT2D eigenvalue weighted by atomic mass is 9.95. The molecule has 0 amide bonds. The van der Waals surface area contributed by atoms with Gasteiger partial charge in [-0.25, -0.2) is 0 Å². The summed E-state index contributed by atoms with van der Waals surface area (Å²) in [6, 6.07) is 0.948. The molecule has 0 bridgehead atoms. The van der Waals surface area contributed by atoms with Gasteiger partial charge >= 0.3 is 5.97 Å². The minimum absolute atomic E-state index is 0.0632. The van der Waals surface area contributed by atoms with Gasteiger partial charge in [0.1, 0.15) is 6.10 Å². The number of likely N-dealkylation sites (tertiary alicyclic amines) is 1. The summed E-state index contributed by atoms with van der Waals surface area (Å²) in [4.78, 5) is 13.7. The molecular weight excluding hydrogens is 210 g/mol. The van der Waals surface area contributed by atoms with Crippen molar-refractivity contribution in [1.82, 2.24) is 4.90 Å². The van der Waals surface area contributed by atoms with Crippen molar-refractivity contribution in [3.8, 4) is 0 Å². The molecule has 1 saturated heterocycles. The van der Waals surface area contributed by atoms with Gasteiger partial charge in [0.25, 0.3) is 0 Å². The topological polar surface area (TPSA) is 29.5 Å². The minimum atomic E-state index is -0.324. The predicted octanol–water partition coefficient (Wildman–Crippen LogP) is 1.72. The molecule has 0 spiro atoms. The Labute approximate surface area is 97.6 Å². The van der Waals surface area contributed by atoms with Crippen LogP contribution in [0.15, 0.2) is 0 Å². The number of rotatable bonds is 2. The average molecular weight is 231 g/mol. The van der Waals surface area contributed by atoms with E-state index in [0.717, 1.165) is 12.8 Å². The molecule has 1 aliphatic rings. The zero-order chi connectivity index (χ0) is 11.6. The molecule has 1 rings (SSSR count). The smallest absolute Gasteiger partial charge is 0.318 e. The van der Waals surface area contributed by atoms with E-state index in [4.69, 9.17) is 4.74 Å². The lowest BCUT2D eigenvalue weighted by Gasteiger charge is -2.39. The number of hydrogen-bond acceptors (Lipinski definition) is 4. The fourth-order valence-corrected chi connectivity index (χ4v) is 2.04. The number of thiol groups is 1. The van der Waals surface area contributed by atoms with E-state index in [9.17, 15) is 4.79 Å². The molecule has 3 nitrogen and oxygen atoms in total. The maximum Gasteiger partial charge on any atom is 0.318 e. The molecule has 0 N–H and O–H groups in total. The minimum Gasteiger partial charge on any atom is -0.461 e. The van der Waals surface area contributed by atoms with Gasteiger partial charge in [0.2, 0.25) is 0 Å². The van der Waals surface area contributed by atoms with E-state index in [-0.39, 0.29) is 17.3 Å². The lowest BCUT2D eigenvalue weighted by molar-refractivity contribution is -0.152. The highest BCUT2D eigenvalue weighted by atomic mass is 32.1. The van der Waals surface area contributed by atoms with Crippen LogP contribution in [0.4, 0.5) is 0 Å². The van der Waals surface area contributed by atoms with Gasteiger partial charge in [0, 0.05) is 12.1 Å². The standard InChI is InChI=1S/C11H21NO2S/c1-7-5-10(6-8(2)12(7)4)14-11(13)9(3)15/h7-10,15H,5-6H2,1-4H3. The van der Waals surface area contributed by atoms with Crippen molar-refractivity contribution >= 4 is 18.6 Å². The number of carbonyl (C=O) groups excluding carboxylic acids is 1. The Morgan fingerprint density at radius 2 is 1.87 bits per heavy atom. The van der Waals surface area contributed by atoms with Crippen LogP contribution in [0, 0.1) is 0 Å². The van der Waals surface area contributed by atoms with Gasteiger partial charge in [-0.05, 0) is 40.7 Å². The molecule has 88 valence electrons. The highest BCUT2D eigenvalue weighted by molar-refractivity contribution is 7.81. The molecule has 0 aromatic carbocycles. The summed E-state index contributed by atoms with van der Waals surface area (Å²) < 4.78 is 5.40. The summed E-state index contributed by atoms with van der Waals surface area (Å²) in [7, 11) is 2.12. The van der Waals surface area contributed by atoms with Crippen molar-refractivity contribution in [2.45, 2.75) is 57.1 Å². The van der Waals surface area contributed by atoms with Crippen molar-refractivity contribution in [3.63, 3.8) is 0 Å². The van der Waals surface area contributed by atoms with Crippen LogP contribution in [0.1, 0.15) is 33.6 Å². The second-order valence-corrected chi connectivity index (χ2v) is 5.34. The zero-order valence-corrected chi connectivity index (χ0v) is 10.8. The Kier molecular flexibility index (Phi) is 4.46. The van der Waals surface area contributed by atoms with Crippen LogP contribution < -0.4 is 0 Å². The predicted molar refractivity (Wildman–Crippen MR) is 64.2 cm³/mol. The van der Waals surface area contributed by atoms with Gasteiger partial charge in [0.05, 0.1) is 5.25 Å². The molecule has 0 aliphatic carbocycles. The van der Waals surface area contributed by atoms with Gasteiger partial charge in [0.15, 0.2) is 0 Å². The molecule has 15 heavy (non-hydrogen) atoms. The van der Waals surface area contributed by atoms with Gasteiger partial charge in [-0.1, -0.05) is 0 Å². The van der Waals surface area contributed by atoms with Crippen molar-refractivity contribution in [2.75, 3.05) is 7.05 Å². The molecule has 0 aromatic rings. The van der Waals surface area contributed by atoms with Crippen LogP contribution in [0.3, 0.4) is 0 Å². The Morgan fingerprint density at radius 1 is 1.40 bits per heavy atom. The highest BCUT2D eigenvalue weighted by Gasteiger charge is 2.30. The van der Waals surface area contributed by atoms with E-state index in [2.05, 4.69) is 38.4 Å². The molecule has 4 heteroatoms. The van der Waals surface area contributed by atoms with Gasteiger partial charge in [-0.2, -0.15) is 12.6 Å². The van der Waals surface area contributed by atoms with Crippen LogP contribution in [-0.4, -0.2) is 41.4 Å². The number of carbonyl (C=O) groups is 1.